The molecule has 0 aliphatic carbocycles. The molecule has 2 aromatic carbocycles. The van der Waals surface area contributed by atoms with Gasteiger partial charge in [-0.25, -0.2) is 4.39 Å². The summed E-state index contributed by atoms with van der Waals surface area (Å²) in [5.41, 5.74) is 7.83. The van der Waals surface area contributed by atoms with Crippen molar-refractivity contribution in [3.63, 3.8) is 0 Å². The predicted octanol–water partition coefficient (Wildman–Crippen LogP) is 3.31. The summed E-state index contributed by atoms with van der Waals surface area (Å²) in [6, 6.07) is 13.2. The van der Waals surface area contributed by atoms with Gasteiger partial charge < -0.3 is 16.4 Å². The third kappa shape index (κ3) is 4.02. The number of rotatable bonds is 4. The molecule has 0 fully saturated rings. The van der Waals surface area contributed by atoms with Crippen LogP contribution in [0.25, 0.3) is 0 Å². The molecule has 26 heavy (non-hydrogen) atoms. The van der Waals surface area contributed by atoms with Crippen molar-refractivity contribution in [3.8, 4) is 0 Å². The number of hydrogen-bond donors (Lipinski definition) is 3. The van der Waals surface area contributed by atoms with E-state index in [4.69, 9.17) is 5.73 Å². The Morgan fingerprint density at radius 1 is 0.846 bits per heavy atom. The van der Waals surface area contributed by atoms with Gasteiger partial charge in [-0.15, -0.1) is 0 Å². The summed E-state index contributed by atoms with van der Waals surface area (Å²) in [6.07, 6.45) is 2.98. The monoisotopic (exact) mass is 350 g/mol. The second-order valence-corrected chi connectivity index (χ2v) is 5.46. The number of carbonyl (C=O) groups excluding carboxylic acids is 2. The Kier molecular flexibility index (Phi) is 4.89. The topological polar surface area (TPSA) is 97.1 Å². The molecular formula is C19H15FN4O2. The fourth-order valence-electron chi connectivity index (χ4n) is 2.22. The molecule has 1 aromatic heterocycles. The highest BCUT2D eigenvalue weighted by molar-refractivity contribution is 6.07. The molecule has 7 heteroatoms. The van der Waals surface area contributed by atoms with Crippen LogP contribution in [0.3, 0.4) is 0 Å². The second kappa shape index (κ2) is 7.43. The molecule has 130 valence electrons. The van der Waals surface area contributed by atoms with Crippen molar-refractivity contribution in [3.05, 3.63) is 83.9 Å². The van der Waals surface area contributed by atoms with Gasteiger partial charge in [0.15, 0.2) is 0 Å². The standard InChI is InChI=1S/C19H15FN4O2/c20-14-5-1-12(2-6-14)18(25)23-15-7-3-13(4-8-15)19(26)24-17-9-10-22-11-16(17)21/h1-11H,21H2,(H,23,25)(H,22,24,26). The number of amides is 2. The molecular weight excluding hydrogens is 335 g/mol. The number of nitrogens with two attached hydrogens (primary N) is 1. The molecule has 0 saturated carbocycles. The lowest BCUT2D eigenvalue weighted by atomic mass is 10.1. The lowest BCUT2D eigenvalue weighted by molar-refractivity contribution is 0.102. The molecule has 0 spiro atoms. The first-order valence-corrected chi connectivity index (χ1v) is 7.71. The number of hydrogen-bond acceptors (Lipinski definition) is 4. The zero-order chi connectivity index (χ0) is 18.5. The van der Waals surface area contributed by atoms with Crippen LogP contribution >= 0.6 is 0 Å². The Labute approximate surface area is 148 Å². The highest BCUT2D eigenvalue weighted by Crippen LogP contribution is 2.17. The third-order valence-corrected chi connectivity index (χ3v) is 3.61. The number of nitrogens with one attached hydrogen (secondary N) is 2. The summed E-state index contributed by atoms with van der Waals surface area (Å²) in [5, 5.41) is 5.37. The molecule has 4 N–H and O–H groups in total. The molecule has 1 heterocycles. The number of pyridine rings is 1. The number of benzene rings is 2. The molecule has 0 aliphatic heterocycles. The van der Waals surface area contributed by atoms with Gasteiger partial charge in [-0.2, -0.15) is 0 Å². The van der Waals surface area contributed by atoms with Gasteiger partial charge >= 0.3 is 0 Å². The summed E-state index contributed by atoms with van der Waals surface area (Å²) in [4.78, 5) is 28.2. The lowest BCUT2D eigenvalue weighted by Gasteiger charge is -2.09. The molecule has 3 aromatic rings. The summed E-state index contributed by atoms with van der Waals surface area (Å²) in [6.45, 7) is 0. The minimum Gasteiger partial charge on any atom is -0.396 e. The minimum absolute atomic E-state index is 0.334. The van der Waals surface area contributed by atoms with Gasteiger partial charge in [0.2, 0.25) is 0 Å². The molecule has 0 bridgehead atoms. The van der Waals surface area contributed by atoms with Gasteiger partial charge in [-0.3, -0.25) is 14.6 Å². The van der Waals surface area contributed by atoms with Crippen molar-refractivity contribution in [2.45, 2.75) is 0 Å². The summed E-state index contributed by atoms with van der Waals surface area (Å²) in [5.74, 6) is -1.11. The van der Waals surface area contributed by atoms with E-state index in [0.29, 0.717) is 28.2 Å². The van der Waals surface area contributed by atoms with Crippen molar-refractivity contribution >= 4 is 28.9 Å². The maximum Gasteiger partial charge on any atom is 0.255 e. The van der Waals surface area contributed by atoms with Gasteiger partial charge in [0.25, 0.3) is 11.8 Å². The van der Waals surface area contributed by atoms with Crippen molar-refractivity contribution in [2.75, 3.05) is 16.4 Å². The van der Waals surface area contributed by atoms with E-state index in [9.17, 15) is 14.0 Å². The fraction of sp³-hybridized carbons (Fsp3) is 0. The molecule has 3 rings (SSSR count). The van der Waals surface area contributed by atoms with E-state index in [0.717, 1.165) is 0 Å². The van der Waals surface area contributed by atoms with Gasteiger partial charge in [-0.1, -0.05) is 0 Å². The molecule has 0 atom stereocenters. The van der Waals surface area contributed by atoms with Crippen LogP contribution in [0.1, 0.15) is 20.7 Å². The van der Waals surface area contributed by atoms with Gasteiger partial charge in [0.05, 0.1) is 17.6 Å². The van der Waals surface area contributed by atoms with Crippen molar-refractivity contribution < 1.29 is 14.0 Å². The smallest absolute Gasteiger partial charge is 0.255 e. The highest BCUT2D eigenvalue weighted by Gasteiger charge is 2.10. The zero-order valence-electron chi connectivity index (χ0n) is 13.6. The van der Waals surface area contributed by atoms with Gasteiger partial charge in [0, 0.05) is 23.0 Å². The van der Waals surface area contributed by atoms with Crippen LogP contribution in [0, 0.1) is 5.82 Å². The number of aromatic nitrogens is 1. The first-order valence-electron chi connectivity index (χ1n) is 7.71. The van der Waals surface area contributed by atoms with Gasteiger partial charge in [0.1, 0.15) is 5.82 Å². The quantitative estimate of drug-likeness (QED) is 0.672. The average molecular weight is 350 g/mol. The van der Waals surface area contributed by atoms with Crippen LogP contribution in [0.2, 0.25) is 0 Å². The van der Waals surface area contributed by atoms with Crippen LogP contribution in [-0.2, 0) is 0 Å². The highest BCUT2D eigenvalue weighted by atomic mass is 19.1. The van der Waals surface area contributed by atoms with Crippen LogP contribution in [0.15, 0.2) is 67.0 Å². The molecule has 0 unspecified atom stereocenters. The van der Waals surface area contributed by atoms with Crippen LogP contribution < -0.4 is 16.4 Å². The van der Waals surface area contributed by atoms with E-state index in [1.165, 1.54) is 36.7 Å². The molecule has 2 amide bonds. The van der Waals surface area contributed by atoms with E-state index in [1.54, 1.807) is 30.3 Å². The van der Waals surface area contributed by atoms with E-state index in [-0.39, 0.29) is 11.8 Å². The SMILES string of the molecule is Nc1cnccc1NC(=O)c1ccc(NC(=O)c2ccc(F)cc2)cc1. The number of anilines is 3. The molecule has 0 radical (unpaired) electrons. The third-order valence-electron chi connectivity index (χ3n) is 3.61. The number of nitrogen functional groups attached to an aromatic ring is 1. The maximum atomic E-state index is 12.9. The van der Waals surface area contributed by atoms with Crippen molar-refractivity contribution in [1.82, 2.24) is 4.98 Å². The van der Waals surface area contributed by atoms with Crippen molar-refractivity contribution in [1.29, 1.82) is 0 Å². The lowest BCUT2D eigenvalue weighted by Crippen LogP contribution is -2.14. The van der Waals surface area contributed by atoms with E-state index >= 15 is 0 Å². The Bertz CT molecular complexity index is 941. The predicted molar refractivity (Wildman–Crippen MR) is 97.4 cm³/mol. The largest absolute Gasteiger partial charge is 0.396 e. The van der Waals surface area contributed by atoms with Crippen molar-refractivity contribution in [2.24, 2.45) is 0 Å². The molecule has 0 aliphatic rings. The molecule has 0 saturated heterocycles. The maximum absolute atomic E-state index is 12.9. The zero-order valence-corrected chi connectivity index (χ0v) is 13.6. The number of carbonyl (C=O) groups is 2. The summed E-state index contributed by atoms with van der Waals surface area (Å²) < 4.78 is 12.9. The van der Waals surface area contributed by atoms with E-state index in [2.05, 4.69) is 15.6 Å². The summed E-state index contributed by atoms with van der Waals surface area (Å²) >= 11 is 0. The van der Waals surface area contributed by atoms with Crippen LogP contribution in [-0.4, -0.2) is 16.8 Å². The Morgan fingerprint density at radius 2 is 1.42 bits per heavy atom. The first-order chi connectivity index (χ1) is 12.5. The number of halogens is 1. The normalized spacial score (nSPS) is 10.2. The average Bonchev–Trinajstić information content (AvgIpc) is 2.64. The first kappa shape index (κ1) is 17.1. The van der Waals surface area contributed by atoms with Gasteiger partial charge in [-0.05, 0) is 54.6 Å². The Morgan fingerprint density at radius 3 is 2.04 bits per heavy atom. The van der Waals surface area contributed by atoms with E-state index in [1.807, 2.05) is 0 Å². The summed E-state index contributed by atoms with van der Waals surface area (Å²) in [7, 11) is 0. The van der Waals surface area contributed by atoms with Crippen LogP contribution in [0.5, 0.6) is 0 Å². The fourth-order valence-corrected chi connectivity index (χ4v) is 2.22. The Hall–Kier alpha value is -3.74. The molecule has 6 nitrogen and oxygen atoms in total. The van der Waals surface area contributed by atoms with E-state index < -0.39 is 5.82 Å². The van der Waals surface area contributed by atoms with Crippen LogP contribution in [0.4, 0.5) is 21.5 Å². The number of nitrogens with zero attached hydrogens (tertiary/aromatic N) is 1. The Balaban J connectivity index is 1.66. The second-order valence-electron chi connectivity index (χ2n) is 5.46. The minimum atomic E-state index is -0.410.